The average molecular weight is 202 g/mol. The molecule has 0 aliphatic carbocycles. The molecule has 0 heterocycles. The molecule has 0 aromatic carbocycles. The molecule has 0 N–H and O–H groups in total. The molecule has 82 valence electrons. The first kappa shape index (κ1) is 12.9. The van der Waals surface area contributed by atoms with Gasteiger partial charge in [-0.15, -0.1) is 0 Å². The van der Waals surface area contributed by atoms with Gasteiger partial charge >= 0.3 is 11.9 Å². The highest BCUT2D eigenvalue weighted by molar-refractivity contribution is 5.99. The molecule has 0 aliphatic heterocycles. The summed E-state index contributed by atoms with van der Waals surface area (Å²) < 4.78 is 9.20. The predicted molar refractivity (Wildman–Crippen MR) is 51.6 cm³/mol. The normalized spacial score (nSPS) is 11.3. The van der Waals surface area contributed by atoms with Crippen LogP contribution < -0.4 is 0 Å². The Morgan fingerprint density at radius 1 is 1.14 bits per heavy atom. The number of carbonyl (C=O) groups is 2. The van der Waals surface area contributed by atoms with E-state index in [9.17, 15) is 9.59 Å². The van der Waals surface area contributed by atoms with Gasteiger partial charge in [0.05, 0.1) is 14.2 Å². The maximum absolute atomic E-state index is 11.4. The minimum absolute atomic E-state index is 0.221. The van der Waals surface area contributed by atoms with Crippen LogP contribution in [0.15, 0.2) is 0 Å². The van der Waals surface area contributed by atoms with E-state index < -0.39 is 17.4 Å². The molecule has 0 unspecified atom stereocenters. The van der Waals surface area contributed by atoms with E-state index in [0.29, 0.717) is 6.42 Å². The summed E-state index contributed by atoms with van der Waals surface area (Å²) in [6, 6.07) is 0. The molecule has 0 saturated carbocycles. The minimum atomic E-state index is -1.18. The summed E-state index contributed by atoms with van der Waals surface area (Å²) in [6.07, 6.45) is 0.423. The van der Waals surface area contributed by atoms with Gasteiger partial charge in [0.15, 0.2) is 5.41 Å². The molecule has 0 spiro atoms. The second-order valence-corrected chi connectivity index (χ2v) is 3.91. The zero-order chi connectivity index (χ0) is 11.4. The van der Waals surface area contributed by atoms with Gasteiger partial charge in [-0.25, -0.2) is 0 Å². The SMILES string of the molecule is COC(=O)C(C)(CC(C)C)C(=O)OC. The Bertz CT molecular complexity index is 204. The predicted octanol–water partition coefficient (Wildman–Crippen LogP) is 1.38. The Kier molecular flexibility index (Phi) is 4.60. The van der Waals surface area contributed by atoms with Crippen molar-refractivity contribution < 1.29 is 19.1 Å². The zero-order valence-corrected chi connectivity index (χ0v) is 9.42. The standard InChI is InChI=1S/C10H18O4/c1-7(2)6-10(3,8(11)13-4)9(12)14-5/h7H,6H2,1-5H3. The molecular weight excluding hydrogens is 184 g/mol. The minimum Gasteiger partial charge on any atom is -0.468 e. The lowest BCUT2D eigenvalue weighted by atomic mass is 9.82. The number of carbonyl (C=O) groups excluding carboxylic acids is 2. The van der Waals surface area contributed by atoms with E-state index in [4.69, 9.17) is 0 Å². The fourth-order valence-electron chi connectivity index (χ4n) is 1.52. The Balaban J connectivity index is 4.84. The second-order valence-electron chi connectivity index (χ2n) is 3.91. The van der Waals surface area contributed by atoms with Crippen molar-refractivity contribution >= 4 is 11.9 Å². The number of hydrogen-bond donors (Lipinski definition) is 0. The van der Waals surface area contributed by atoms with E-state index in [2.05, 4.69) is 9.47 Å². The molecule has 0 amide bonds. The number of hydrogen-bond acceptors (Lipinski definition) is 4. The lowest BCUT2D eigenvalue weighted by Crippen LogP contribution is -2.39. The molecule has 4 heteroatoms. The number of esters is 2. The van der Waals surface area contributed by atoms with Crippen molar-refractivity contribution in [3.63, 3.8) is 0 Å². The van der Waals surface area contributed by atoms with Gasteiger partial charge < -0.3 is 9.47 Å². The van der Waals surface area contributed by atoms with Crippen molar-refractivity contribution in [2.75, 3.05) is 14.2 Å². The molecule has 0 aliphatic rings. The maximum Gasteiger partial charge on any atom is 0.322 e. The maximum atomic E-state index is 11.4. The Labute approximate surface area is 84.6 Å². The van der Waals surface area contributed by atoms with E-state index in [1.54, 1.807) is 6.92 Å². The highest BCUT2D eigenvalue weighted by atomic mass is 16.5. The van der Waals surface area contributed by atoms with Crippen molar-refractivity contribution in [3.05, 3.63) is 0 Å². The van der Waals surface area contributed by atoms with E-state index >= 15 is 0 Å². The molecule has 0 radical (unpaired) electrons. The summed E-state index contributed by atoms with van der Waals surface area (Å²) >= 11 is 0. The third-order valence-corrected chi connectivity index (χ3v) is 2.09. The van der Waals surface area contributed by atoms with Crippen LogP contribution in [0.2, 0.25) is 0 Å². The fourth-order valence-corrected chi connectivity index (χ4v) is 1.52. The molecule has 0 aromatic heterocycles. The molecule has 0 atom stereocenters. The number of ether oxygens (including phenoxy) is 2. The second kappa shape index (κ2) is 4.98. The molecule has 0 rings (SSSR count). The van der Waals surface area contributed by atoms with Crippen LogP contribution in [0.5, 0.6) is 0 Å². The van der Waals surface area contributed by atoms with Crippen molar-refractivity contribution in [2.24, 2.45) is 11.3 Å². The molecule has 14 heavy (non-hydrogen) atoms. The van der Waals surface area contributed by atoms with Gasteiger partial charge in [-0.05, 0) is 19.3 Å². The molecule has 0 bridgehead atoms. The van der Waals surface area contributed by atoms with Gasteiger partial charge in [-0.2, -0.15) is 0 Å². The summed E-state index contributed by atoms with van der Waals surface area (Å²) in [5.74, 6) is -0.866. The first-order chi connectivity index (χ1) is 6.38. The van der Waals surface area contributed by atoms with Crippen LogP contribution in [0.3, 0.4) is 0 Å². The smallest absolute Gasteiger partial charge is 0.322 e. The van der Waals surface area contributed by atoms with Crippen LogP contribution in [0, 0.1) is 11.3 Å². The molecule has 0 fully saturated rings. The van der Waals surface area contributed by atoms with E-state index in [-0.39, 0.29) is 5.92 Å². The Morgan fingerprint density at radius 3 is 1.71 bits per heavy atom. The topological polar surface area (TPSA) is 52.6 Å². The molecule has 0 aromatic rings. The fraction of sp³-hybridized carbons (Fsp3) is 0.800. The summed E-state index contributed by atoms with van der Waals surface area (Å²) in [6.45, 7) is 5.42. The largest absolute Gasteiger partial charge is 0.468 e. The van der Waals surface area contributed by atoms with Crippen LogP contribution >= 0.6 is 0 Å². The van der Waals surface area contributed by atoms with Crippen LogP contribution in [-0.2, 0) is 19.1 Å². The monoisotopic (exact) mass is 202 g/mol. The van der Waals surface area contributed by atoms with Crippen molar-refractivity contribution in [1.29, 1.82) is 0 Å². The van der Waals surface area contributed by atoms with Crippen LogP contribution in [0.4, 0.5) is 0 Å². The third-order valence-electron chi connectivity index (χ3n) is 2.09. The van der Waals surface area contributed by atoms with E-state index in [1.165, 1.54) is 14.2 Å². The first-order valence-electron chi connectivity index (χ1n) is 4.55. The summed E-state index contributed by atoms with van der Waals surface area (Å²) in [5.41, 5.74) is -1.18. The van der Waals surface area contributed by atoms with Gasteiger partial charge in [0.1, 0.15) is 0 Å². The van der Waals surface area contributed by atoms with Crippen LogP contribution in [0.1, 0.15) is 27.2 Å². The molecular formula is C10H18O4. The Hall–Kier alpha value is -1.06. The highest BCUT2D eigenvalue weighted by Gasteiger charge is 2.43. The third kappa shape index (κ3) is 2.72. The summed E-state index contributed by atoms with van der Waals surface area (Å²) in [5, 5.41) is 0. The zero-order valence-electron chi connectivity index (χ0n) is 9.42. The van der Waals surface area contributed by atoms with Crippen molar-refractivity contribution in [2.45, 2.75) is 27.2 Å². The van der Waals surface area contributed by atoms with Gasteiger partial charge in [-0.1, -0.05) is 13.8 Å². The van der Waals surface area contributed by atoms with Crippen molar-refractivity contribution in [3.8, 4) is 0 Å². The Morgan fingerprint density at radius 2 is 1.50 bits per heavy atom. The lowest BCUT2D eigenvalue weighted by Gasteiger charge is -2.25. The van der Waals surface area contributed by atoms with Gasteiger partial charge in [0.25, 0.3) is 0 Å². The van der Waals surface area contributed by atoms with Gasteiger partial charge in [-0.3, -0.25) is 9.59 Å². The highest BCUT2D eigenvalue weighted by Crippen LogP contribution is 2.28. The molecule has 0 saturated heterocycles. The van der Waals surface area contributed by atoms with Gasteiger partial charge in [0, 0.05) is 0 Å². The van der Waals surface area contributed by atoms with Crippen molar-refractivity contribution in [1.82, 2.24) is 0 Å². The van der Waals surface area contributed by atoms with Crippen LogP contribution in [0.25, 0.3) is 0 Å². The lowest BCUT2D eigenvalue weighted by molar-refractivity contribution is -0.169. The number of rotatable bonds is 4. The number of methoxy groups -OCH3 is 2. The quantitative estimate of drug-likeness (QED) is 0.510. The van der Waals surface area contributed by atoms with Gasteiger partial charge in [0.2, 0.25) is 0 Å². The molecule has 4 nitrogen and oxygen atoms in total. The van der Waals surface area contributed by atoms with Crippen LogP contribution in [-0.4, -0.2) is 26.2 Å². The van der Waals surface area contributed by atoms with E-state index in [0.717, 1.165) is 0 Å². The first-order valence-corrected chi connectivity index (χ1v) is 4.55. The summed E-state index contributed by atoms with van der Waals surface area (Å²) in [7, 11) is 2.54. The average Bonchev–Trinajstić information content (AvgIpc) is 2.13. The summed E-state index contributed by atoms with van der Waals surface area (Å²) in [4.78, 5) is 22.9. The van der Waals surface area contributed by atoms with E-state index in [1.807, 2.05) is 13.8 Å².